The van der Waals surface area contributed by atoms with Gasteiger partial charge >= 0.3 is 12.4 Å². The lowest BCUT2D eigenvalue weighted by Gasteiger charge is -2.35. The van der Waals surface area contributed by atoms with Gasteiger partial charge in [0, 0.05) is 32.2 Å². The maximum Gasteiger partial charge on any atom is 0.423 e. The van der Waals surface area contributed by atoms with E-state index >= 15 is 0 Å². The predicted octanol–water partition coefficient (Wildman–Crippen LogP) is 6.29. The fraction of sp³-hybridized carbons (Fsp3) is 0.500. The number of aromatic nitrogens is 1. The topological polar surface area (TPSA) is 98.0 Å². The van der Waals surface area contributed by atoms with Crippen LogP contribution in [0.2, 0.25) is 0 Å². The molecule has 0 atom stereocenters. The number of halogens is 6. The molecule has 1 amide bonds. The van der Waals surface area contributed by atoms with E-state index in [4.69, 9.17) is 9.47 Å². The second kappa shape index (κ2) is 12.9. The minimum atomic E-state index is -4.89. The minimum absolute atomic E-state index is 0.0969. The Labute approximate surface area is 251 Å². The average molecular weight is 647 g/mol. The summed E-state index contributed by atoms with van der Waals surface area (Å²) in [5.41, 5.74) is -2.82. The molecule has 0 unspecified atom stereocenters. The highest BCUT2D eigenvalue weighted by Gasteiger charge is 2.39. The molecule has 2 aromatic carbocycles. The number of ether oxygens (including phenoxy) is 2. The molecule has 3 aromatic rings. The van der Waals surface area contributed by atoms with Crippen LogP contribution in [0.15, 0.2) is 36.4 Å². The third kappa shape index (κ3) is 7.77. The quantitative estimate of drug-likeness (QED) is 0.161. The van der Waals surface area contributed by atoms with Gasteiger partial charge in [-0.2, -0.15) is 26.3 Å². The van der Waals surface area contributed by atoms with Gasteiger partial charge in [0.05, 0.1) is 39.5 Å². The van der Waals surface area contributed by atoms with E-state index in [1.54, 1.807) is 4.90 Å². The molecular formula is C28H28F6N4O5S. The highest BCUT2D eigenvalue weighted by Crippen LogP contribution is 2.39. The fourth-order valence-corrected chi connectivity index (χ4v) is 6.32. The second-order valence-corrected chi connectivity index (χ2v) is 11.8. The number of fused-ring (bicyclic) bond motifs is 1. The molecule has 0 radical (unpaired) electrons. The van der Waals surface area contributed by atoms with E-state index in [0.29, 0.717) is 79.7 Å². The minimum Gasteiger partial charge on any atom is -0.490 e. The van der Waals surface area contributed by atoms with Gasteiger partial charge in [0.25, 0.3) is 5.69 Å². The molecule has 1 saturated carbocycles. The molecule has 1 aromatic heterocycles. The van der Waals surface area contributed by atoms with Crippen molar-refractivity contribution in [3.63, 3.8) is 0 Å². The number of rotatable bonds is 8. The SMILES string of the molecule is O=C(COC1CCC(Oc2ccc([N+](=O)[O-])c(C(F)(F)F)c2)CC1)N1CCN(Cc2nc3cc(C(F)(F)F)ccc3s2)CC1. The van der Waals surface area contributed by atoms with Gasteiger partial charge in [-0.1, -0.05) is 0 Å². The van der Waals surface area contributed by atoms with E-state index in [9.17, 15) is 41.3 Å². The molecule has 2 fully saturated rings. The van der Waals surface area contributed by atoms with Gasteiger partial charge < -0.3 is 14.4 Å². The first kappa shape index (κ1) is 31.9. The predicted molar refractivity (Wildman–Crippen MR) is 147 cm³/mol. The number of alkyl halides is 6. The van der Waals surface area contributed by atoms with Gasteiger partial charge in [0.2, 0.25) is 5.91 Å². The number of amides is 1. The number of piperazine rings is 1. The fourth-order valence-electron chi connectivity index (χ4n) is 5.33. The van der Waals surface area contributed by atoms with Gasteiger partial charge in [-0.3, -0.25) is 19.8 Å². The van der Waals surface area contributed by atoms with Crippen molar-refractivity contribution in [2.75, 3.05) is 32.8 Å². The van der Waals surface area contributed by atoms with Gasteiger partial charge in [-0.25, -0.2) is 4.98 Å². The highest BCUT2D eigenvalue weighted by atomic mass is 32.1. The van der Waals surface area contributed by atoms with Crippen LogP contribution in [0.25, 0.3) is 10.2 Å². The molecule has 0 N–H and O–H groups in total. The van der Waals surface area contributed by atoms with Crippen LogP contribution in [0.3, 0.4) is 0 Å². The zero-order chi connectivity index (χ0) is 31.6. The molecule has 1 saturated heterocycles. The van der Waals surface area contributed by atoms with Crippen molar-refractivity contribution in [1.82, 2.24) is 14.8 Å². The van der Waals surface area contributed by atoms with Crippen LogP contribution < -0.4 is 4.74 Å². The number of hydrogen-bond acceptors (Lipinski definition) is 8. The van der Waals surface area contributed by atoms with Crippen molar-refractivity contribution >= 4 is 33.1 Å². The third-order valence-corrected chi connectivity index (χ3v) is 8.70. The largest absolute Gasteiger partial charge is 0.490 e. The smallest absolute Gasteiger partial charge is 0.423 e. The Morgan fingerprint density at radius 3 is 2.27 bits per heavy atom. The van der Waals surface area contributed by atoms with Gasteiger partial charge in [0.1, 0.15) is 22.9 Å². The Morgan fingerprint density at radius 1 is 0.955 bits per heavy atom. The molecule has 2 heterocycles. The Kier molecular flexibility index (Phi) is 9.32. The molecule has 1 aliphatic carbocycles. The molecule has 0 spiro atoms. The van der Waals surface area contributed by atoms with Gasteiger partial charge in [-0.05, 0) is 56.0 Å². The number of nitrogens with zero attached hydrogens (tertiary/aromatic N) is 4. The number of carbonyl (C=O) groups is 1. The maximum atomic E-state index is 13.2. The second-order valence-electron chi connectivity index (χ2n) is 10.7. The summed E-state index contributed by atoms with van der Waals surface area (Å²) in [7, 11) is 0. The molecule has 9 nitrogen and oxygen atoms in total. The molecular weight excluding hydrogens is 618 g/mol. The van der Waals surface area contributed by atoms with Gasteiger partial charge in [-0.15, -0.1) is 11.3 Å². The lowest BCUT2D eigenvalue weighted by Crippen LogP contribution is -2.49. The zero-order valence-corrected chi connectivity index (χ0v) is 24.0. The summed E-state index contributed by atoms with van der Waals surface area (Å²) >= 11 is 1.35. The molecule has 5 rings (SSSR count). The summed E-state index contributed by atoms with van der Waals surface area (Å²) in [6.07, 6.45) is -7.87. The molecule has 2 aliphatic rings. The Balaban J connectivity index is 1.03. The van der Waals surface area contributed by atoms with Crippen molar-refractivity contribution in [2.24, 2.45) is 0 Å². The number of hydrogen-bond donors (Lipinski definition) is 0. The first-order valence-electron chi connectivity index (χ1n) is 13.9. The molecule has 16 heteroatoms. The van der Waals surface area contributed by atoms with Crippen LogP contribution in [0.4, 0.5) is 32.0 Å². The summed E-state index contributed by atoms with van der Waals surface area (Å²) < 4.78 is 90.9. The Bertz CT molecular complexity index is 1500. The molecule has 1 aliphatic heterocycles. The summed E-state index contributed by atoms with van der Waals surface area (Å²) in [5, 5.41) is 11.7. The summed E-state index contributed by atoms with van der Waals surface area (Å²) in [6, 6.07) is 6.12. The van der Waals surface area contributed by atoms with E-state index in [1.807, 2.05) is 0 Å². The van der Waals surface area contributed by atoms with Crippen LogP contribution in [-0.4, -0.2) is 70.6 Å². The van der Waals surface area contributed by atoms with E-state index < -0.39 is 34.1 Å². The van der Waals surface area contributed by atoms with Crippen LogP contribution in [0.1, 0.15) is 41.8 Å². The highest BCUT2D eigenvalue weighted by molar-refractivity contribution is 7.18. The van der Waals surface area contributed by atoms with Gasteiger partial charge in [0.15, 0.2) is 0 Å². The number of benzene rings is 2. The lowest BCUT2D eigenvalue weighted by molar-refractivity contribution is -0.388. The Hall–Kier alpha value is -3.50. The summed E-state index contributed by atoms with van der Waals surface area (Å²) in [5.74, 6) is -0.256. The van der Waals surface area contributed by atoms with E-state index in [0.717, 1.165) is 24.3 Å². The molecule has 44 heavy (non-hydrogen) atoms. The van der Waals surface area contributed by atoms with Crippen molar-refractivity contribution in [3.8, 4) is 5.75 Å². The van der Waals surface area contributed by atoms with Crippen LogP contribution in [-0.2, 0) is 28.4 Å². The van der Waals surface area contributed by atoms with Crippen LogP contribution >= 0.6 is 11.3 Å². The third-order valence-electron chi connectivity index (χ3n) is 7.68. The summed E-state index contributed by atoms with van der Waals surface area (Å²) in [4.78, 5) is 30.8. The standard InChI is InChI=1S/C28H28F6N4O5S/c29-27(30,31)17-1-8-24-22(13-17)35-25(44-24)15-36-9-11-37(12-10-36)26(39)16-42-18-2-4-19(5-3-18)43-20-6-7-23(38(40)41)21(14-20)28(32,33)34/h1,6-8,13-14,18-19H,2-5,9-12,15-16H2. The number of carbonyl (C=O) groups excluding carboxylic acids is 1. The molecule has 238 valence electrons. The van der Waals surface area contributed by atoms with Crippen molar-refractivity contribution in [1.29, 1.82) is 0 Å². The van der Waals surface area contributed by atoms with Crippen molar-refractivity contribution < 1.29 is 45.5 Å². The first-order valence-corrected chi connectivity index (χ1v) is 14.7. The van der Waals surface area contributed by atoms with Crippen molar-refractivity contribution in [2.45, 2.75) is 56.8 Å². The lowest BCUT2D eigenvalue weighted by atomic mass is 9.95. The number of nitro groups is 1. The Morgan fingerprint density at radius 2 is 1.64 bits per heavy atom. The van der Waals surface area contributed by atoms with Crippen LogP contribution in [0, 0.1) is 10.1 Å². The van der Waals surface area contributed by atoms with E-state index in [2.05, 4.69) is 9.88 Å². The molecule has 0 bridgehead atoms. The van der Waals surface area contributed by atoms with Crippen LogP contribution in [0.5, 0.6) is 5.75 Å². The normalized spacial score (nSPS) is 20.2. The number of nitro benzene ring substituents is 1. The van der Waals surface area contributed by atoms with E-state index in [1.165, 1.54) is 17.4 Å². The van der Waals surface area contributed by atoms with E-state index in [-0.39, 0.29) is 30.5 Å². The first-order chi connectivity index (χ1) is 20.8. The monoisotopic (exact) mass is 646 g/mol. The average Bonchev–Trinajstić information content (AvgIpc) is 3.37. The van der Waals surface area contributed by atoms with Crippen molar-refractivity contribution in [3.05, 3.63) is 62.6 Å². The maximum absolute atomic E-state index is 13.2. The summed E-state index contributed by atoms with van der Waals surface area (Å²) in [6.45, 7) is 2.48. The zero-order valence-electron chi connectivity index (χ0n) is 23.2. The number of thiazole rings is 1.